The second-order valence-electron chi connectivity index (χ2n) is 8.03. The highest BCUT2D eigenvalue weighted by atomic mass is 16.2. The first-order valence-corrected chi connectivity index (χ1v) is 10.1. The normalized spacial score (nSPS) is 18.5. The van der Waals surface area contributed by atoms with E-state index in [1.807, 2.05) is 6.92 Å². The number of pyridine rings is 1. The number of hydrogen-bond donors (Lipinski definition) is 2. The van der Waals surface area contributed by atoms with Gasteiger partial charge in [-0.2, -0.15) is 0 Å². The van der Waals surface area contributed by atoms with Crippen LogP contribution in [0.2, 0.25) is 0 Å². The molecule has 8 heteroatoms. The van der Waals surface area contributed by atoms with Gasteiger partial charge < -0.3 is 10.2 Å². The minimum absolute atomic E-state index is 0.0944. The van der Waals surface area contributed by atoms with Crippen LogP contribution in [-0.2, 0) is 6.54 Å². The minimum Gasteiger partial charge on any atom is -0.349 e. The fourth-order valence-electron chi connectivity index (χ4n) is 3.91. The lowest BCUT2D eigenvalue weighted by Crippen LogP contribution is -2.43. The molecule has 2 aromatic rings. The van der Waals surface area contributed by atoms with Crippen LogP contribution in [0.3, 0.4) is 0 Å². The molecular formula is C20H27N5O3. The number of carbonyl (C=O) groups excluding carboxylic acids is 1. The van der Waals surface area contributed by atoms with E-state index < -0.39 is 11.2 Å². The number of rotatable bonds is 5. The summed E-state index contributed by atoms with van der Waals surface area (Å²) in [5.74, 6) is 0.0554. The van der Waals surface area contributed by atoms with Gasteiger partial charge in [-0.25, -0.2) is 9.78 Å². The predicted octanol–water partition coefficient (Wildman–Crippen LogP) is 1.20. The summed E-state index contributed by atoms with van der Waals surface area (Å²) in [5.41, 5.74) is 0.443. The van der Waals surface area contributed by atoms with Gasteiger partial charge in [-0.15, -0.1) is 0 Å². The standard InChI is InChI=1S/C20H27N5O3/c1-3-8-25-17-16(19(27)23-20(25)28)14(11-15(22-17)12-4-5-12)18(26)21-13-6-9-24(2)10-7-13/h11-13H,3-10H2,1-2H3,(H,21,26)(H,23,27,28). The number of H-pyrrole nitrogens is 1. The largest absolute Gasteiger partial charge is 0.349 e. The molecule has 2 N–H and O–H groups in total. The maximum atomic E-state index is 13.1. The molecule has 8 nitrogen and oxygen atoms in total. The van der Waals surface area contributed by atoms with Gasteiger partial charge in [-0.1, -0.05) is 6.92 Å². The molecule has 2 fully saturated rings. The molecule has 0 spiro atoms. The first-order valence-electron chi connectivity index (χ1n) is 10.1. The molecule has 0 bridgehead atoms. The summed E-state index contributed by atoms with van der Waals surface area (Å²) < 4.78 is 1.48. The molecule has 1 saturated heterocycles. The van der Waals surface area contributed by atoms with E-state index in [2.05, 4.69) is 27.2 Å². The fourth-order valence-corrected chi connectivity index (χ4v) is 3.91. The molecule has 4 rings (SSSR count). The van der Waals surface area contributed by atoms with E-state index in [9.17, 15) is 14.4 Å². The molecular weight excluding hydrogens is 358 g/mol. The van der Waals surface area contributed by atoms with Crippen molar-refractivity contribution in [1.29, 1.82) is 0 Å². The van der Waals surface area contributed by atoms with Crippen molar-refractivity contribution in [1.82, 2.24) is 24.8 Å². The van der Waals surface area contributed by atoms with E-state index in [1.165, 1.54) is 4.57 Å². The number of aromatic nitrogens is 3. The maximum absolute atomic E-state index is 13.1. The van der Waals surface area contributed by atoms with Crippen LogP contribution < -0.4 is 16.6 Å². The molecule has 2 aromatic heterocycles. The van der Waals surface area contributed by atoms with Crippen molar-refractivity contribution in [2.75, 3.05) is 20.1 Å². The number of amides is 1. The second kappa shape index (κ2) is 7.50. The minimum atomic E-state index is -0.546. The van der Waals surface area contributed by atoms with Gasteiger partial charge in [0.15, 0.2) is 5.65 Å². The number of aromatic amines is 1. The molecule has 150 valence electrons. The Labute approximate surface area is 163 Å². The molecule has 3 heterocycles. The van der Waals surface area contributed by atoms with Gasteiger partial charge in [0.05, 0.1) is 10.9 Å². The van der Waals surface area contributed by atoms with Gasteiger partial charge in [0.2, 0.25) is 0 Å². The van der Waals surface area contributed by atoms with E-state index in [-0.39, 0.29) is 17.3 Å². The average Bonchev–Trinajstić information content (AvgIpc) is 3.51. The second-order valence-corrected chi connectivity index (χ2v) is 8.03. The Morgan fingerprint density at radius 2 is 1.96 bits per heavy atom. The van der Waals surface area contributed by atoms with Crippen molar-refractivity contribution in [3.05, 3.63) is 38.2 Å². The number of fused-ring (bicyclic) bond motifs is 1. The quantitative estimate of drug-likeness (QED) is 0.805. The van der Waals surface area contributed by atoms with Gasteiger partial charge in [0.1, 0.15) is 0 Å². The van der Waals surface area contributed by atoms with Crippen LogP contribution in [0.4, 0.5) is 0 Å². The van der Waals surface area contributed by atoms with Gasteiger partial charge in [0, 0.05) is 24.2 Å². The summed E-state index contributed by atoms with van der Waals surface area (Å²) in [5, 5.41) is 3.31. The third-order valence-corrected chi connectivity index (χ3v) is 5.71. The Hall–Kier alpha value is -2.48. The van der Waals surface area contributed by atoms with Crippen molar-refractivity contribution < 1.29 is 4.79 Å². The molecule has 0 aromatic carbocycles. The maximum Gasteiger partial charge on any atom is 0.329 e. The number of nitrogens with one attached hydrogen (secondary N) is 2. The molecule has 1 saturated carbocycles. The third kappa shape index (κ3) is 3.61. The van der Waals surface area contributed by atoms with Gasteiger partial charge >= 0.3 is 5.69 Å². The summed E-state index contributed by atoms with van der Waals surface area (Å²) in [6.45, 7) is 4.28. The van der Waals surface area contributed by atoms with Crippen LogP contribution in [0.25, 0.3) is 11.0 Å². The number of piperidine rings is 1. The number of aryl methyl sites for hydroxylation is 1. The van der Waals surface area contributed by atoms with E-state index in [0.29, 0.717) is 23.7 Å². The third-order valence-electron chi connectivity index (χ3n) is 5.71. The zero-order valence-electron chi connectivity index (χ0n) is 16.5. The Morgan fingerprint density at radius 3 is 2.61 bits per heavy atom. The lowest BCUT2D eigenvalue weighted by Gasteiger charge is -2.29. The van der Waals surface area contributed by atoms with Crippen LogP contribution in [0.5, 0.6) is 0 Å². The number of hydrogen-bond acceptors (Lipinski definition) is 5. The number of carbonyl (C=O) groups is 1. The Morgan fingerprint density at radius 1 is 1.25 bits per heavy atom. The molecule has 0 unspecified atom stereocenters. The van der Waals surface area contributed by atoms with Crippen molar-refractivity contribution in [2.45, 2.75) is 57.5 Å². The number of likely N-dealkylation sites (tertiary alicyclic amines) is 1. The topological polar surface area (TPSA) is 100 Å². The van der Waals surface area contributed by atoms with Gasteiger partial charge in [0.25, 0.3) is 11.5 Å². The Bertz CT molecular complexity index is 1010. The van der Waals surface area contributed by atoms with Crippen LogP contribution in [0.1, 0.15) is 61.0 Å². The van der Waals surface area contributed by atoms with E-state index >= 15 is 0 Å². The average molecular weight is 385 g/mol. The molecule has 1 amide bonds. The summed E-state index contributed by atoms with van der Waals surface area (Å²) >= 11 is 0. The fraction of sp³-hybridized carbons (Fsp3) is 0.600. The molecule has 1 aliphatic heterocycles. The van der Waals surface area contributed by atoms with Crippen molar-refractivity contribution in [3.63, 3.8) is 0 Å². The molecule has 28 heavy (non-hydrogen) atoms. The zero-order valence-corrected chi connectivity index (χ0v) is 16.5. The molecule has 0 radical (unpaired) electrons. The van der Waals surface area contributed by atoms with E-state index in [1.54, 1.807) is 6.07 Å². The highest BCUT2D eigenvalue weighted by Crippen LogP contribution is 2.39. The summed E-state index contributed by atoms with van der Waals surface area (Å²) in [6.07, 6.45) is 4.55. The Kier molecular flexibility index (Phi) is 5.05. The molecule has 0 atom stereocenters. The van der Waals surface area contributed by atoms with Crippen LogP contribution in [-0.4, -0.2) is 51.5 Å². The molecule has 2 aliphatic rings. The summed E-state index contributed by atoms with van der Waals surface area (Å²) in [7, 11) is 2.07. The van der Waals surface area contributed by atoms with Gasteiger partial charge in [-0.05, 0) is 58.3 Å². The lowest BCUT2D eigenvalue weighted by molar-refractivity contribution is 0.0918. The lowest BCUT2D eigenvalue weighted by atomic mass is 10.0. The van der Waals surface area contributed by atoms with Crippen LogP contribution in [0, 0.1) is 0 Å². The monoisotopic (exact) mass is 385 g/mol. The van der Waals surface area contributed by atoms with E-state index in [0.717, 1.165) is 50.9 Å². The van der Waals surface area contributed by atoms with Crippen molar-refractivity contribution in [2.24, 2.45) is 0 Å². The van der Waals surface area contributed by atoms with E-state index in [4.69, 9.17) is 0 Å². The highest BCUT2D eigenvalue weighted by Gasteiger charge is 2.29. The predicted molar refractivity (Wildman–Crippen MR) is 107 cm³/mol. The van der Waals surface area contributed by atoms with Crippen molar-refractivity contribution in [3.8, 4) is 0 Å². The number of nitrogens with zero attached hydrogens (tertiary/aromatic N) is 3. The summed E-state index contributed by atoms with van der Waals surface area (Å²) in [6, 6.07) is 1.84. The zero-order chi connectivity index (χ0) is 19.8. The first-order chi connectivity index (χ1) is 13.5. The van der Waals surface area contributed by atoms with Crippen LogP contribution >= 0.6 is 0 Å². The first kappa shape index (κ1) is 18.9. The van der Waals surface area contributed by atoms with Gasteiger partial charge in [-0.3, -0.25) is 19.1 Å². The van der Waals surface area contributed by atoms with Crippen LogP contribution in [0.15, 0.2) is 15.7 Å². The highest BCUT2D eigenvalue weighted by molar-refractivity contribution is 6.05. The molecule has 1 aliphatic carbocycles. The summed E-state index contributed by atoms with van der Waals surface area (Å²) in [4.78, 5) is 47.3. The SMILES string of the molecule is CCCn1c(=O)[nH]c(=O)c2c(C(=O)NC3CCN(C)CC3)cc(C3CC3)nc21. The Balaban J connectivity index is 1.80. The smallest absolute Gasteiger partial charge is 0.329 e. The van der Waals surface area contributed by atoms with Crippen molar-refractivity contribution >= 4 is 16.9 Å².